The van der Waals surface area contributed by atoms with Crippen LogP contribution in [0.3, 0.4) is 0 Å². The van der Waals surface area contributed by atoms with Crippen LogP contribution in [0.15, 0.2) is 60.8 Å². The van der Waals surface area contributed by atoms with Crippen LogP contribution in [-0.2, 0) is 6.42 Å². The van der Waals surface area contributed by atoms with Crippen molar-refractivity contribution in [3.8, 4) is 0 Å². The van der Waals surface area contributed by atoms with E-state index < -0.39 is 7.25 Å². The molecule has 220 valence electrons. The highest BCUT2D eigenvalue weighted by Crippen LogP contribution is 2.14. The van der Waals surface area contributed by atoms with Crippen molar-refractivity contribution in [2.75, 3.05) is 0 Å². The third-order valence-corrected chi connectivity index (χ3v) is 6.59. The lowest BCUT2D eigenvalue weighted by atomic mass is 10.0. The fourth-order valence-corrected chi connectivity index (χ4v) is 4.55. The van der Waals surface area contributed by atoms with E-state index in [-0.39, 0.29) is 0 Å². The Labute approximate surface area is 234 Å². The first kappa shape index (κ1) is 34.7. The summed E-state index contributed by atoms with van der Waals surface area (Å²) in [6, 6.07) is 16.8. The zero-order chi connectivity index (χ0) is 28.6. The van der Waals surface area contributed by atoms with Gasteiger partial charge < -0.3 is 17.3 Å². The van der Waals surface area contributed by atoms with Crippen LogP contribution >= 0.6 is 0 Å². The Kier molecular flexibility index (Phi) is 20.0. The standard InChI is InChI=1S/C32H50NO.BF4/c1-3-5-6-7-8-9-10-11-12-13-14-18-28-32(22-4-2)34-33-29-20-19-26-31(33)27-21-25-30-23-16-15-17-24-30;2-1(3,4)5/h15-17,19-21,23-26,29,32H,3-14,18,22,27-28H2,1-2H3;/q+1;-1. The maximum Gasteiger partial charge on any atom is 0.673 e. The number of benzene rings is 1. The molecule has 0 radical (unpaired) electrons. The minimum Gasteiger partial charge on any atom is -0.418 e. The lowest BCUT2D eigenvalue weighted by Crippen LogP contribution is -2.50. The van der Waals surface area contributed by atoms with Crippen molar-refractivity contribution in [1.29, 1.82) is 0 Å². The van der Waals surface area contributed by atoms with Crippen molar-refractivity contribution in [3.63, 3.8) is 0 Å². The summed E-state index contributed by atoms with van der Waals surface area (Å²) in [6.07, 6.45) is 27.9. The maximum absolute atomic E-state index is 9.75. The summed E-state index contributed by atoms with van der Waals surface area (Å²) < 4.78 is 41.0. The summed E-state index contributed by atoms with van der Waals surface area (Å²) in [5.74, 6) is 0. The molecule has 2 rings (SSSR count). The fourth-order valence-electron chi connectivity index (χ4n) is 4.55. The molecule has 0 saturated carbocycles. The molecule has 0 N–H and O–H groups in total. The van der Waals surface area contributed by atoms with Crippen LogP contribution in [0, 0.1) is 0 Å². The molecule has 0 saturated heterocycles. The van der Waals surface area contributed by atoms with E-state index in [0.29, 0.717) is 6.10 Å². The SMILES string of the molecule is CCCCCCCCCCCCCCC(CCC)O[n+]1ccccc1CC=Cc1ccccc1.F[B-](F)(F)F. The summed E-state index contributed by atoms with van der Waals surface area (Å²) in [4.78, 5) is 6.47. The highest BCUT2D eigenvalue weighted by Gasteiger charge is 2.20. The Morgan fingerprint density at radius 2 is 1.23 bits per heavy atom. The topological polar surface area (TPSA) is 13.1 Å². The van der Waals surface area contributed by atoms with Gasteiger partial charge in [-0.25, -0.2) is 0 Å². The Bertz CT molecular complexity index is 855. The van der Waals surface area contributed by atoms with Crippen molar-refractivity contribution < 1.29 is 26.8 Å². The van der Waals surface area contributed by atoms with Gasteiger partial charge in [0.15, 0.2) is 6.10 Å². The van der Waals surface area contributed by atoms with E-state index in [9.17, 15) is 17.3 Å². The molecule has 0 bridgehead atoms. The third-order valence-electron chi connectivity index (χ3n) is 6.59. The zero-order valence-electron chi connectivity index (χ0n) is 24.2. The molecule has 2 nitrogen and oxygen atoms in total. The number of unbranched alkanes of at least 4 members (excludes halogenated alkanes) is 11. The average molecular weight is 552 g/mol. The first-order valence-electron chi connectivity index (χ1n) is 15.1. The lowest BCUT2D eigenvalue weighted by Gasteiger charge is -2.14. The minimum atomic E-state index is -6.00. The molecular formula is C32H50BF4NO. The van der Waals surface area contributed by atoms with Crippen LogP contribution in [0.1, 0.15) is 121 Å². The van der Waals surface area contributed by atoms with Gasteiger partial charge in [-0.2, -0.15) is 0 Å². The van der Waals surface area contributed by atoms with Crippen molar-refractivity contribution in [2.24, 2.45) is 0 Å². The summed E-state index contributed by atoms with van der Waals surface area (Å²) >= 11 is 0. The normalized spacial score (nSPS) is 12.3. The Morgan fingerprint density at radius 3 is 1.79 bits per heavy atom. The van der Waals surface area contributed by atoms with E-state index in [1.807, 2.05) is 4.73 Å². The molecule has 0 spiro atoms. The highest BCUT2D eigenvalue weighted by molar-refractivity contribution is 6.50. The summed E-state index contributed by atoms with van der Waals surface area (Å²) in [5.41, 5.74) is 2.44. The second-order valence-corrected chi connectivity index (χ2v) is 10.2. The molecule has 1 atom stereocenters. The van der Waals surface area contributed by atoms with Crippen LogP contribution in [0.25, 0.3) is 6.08 Å². The van der Waals surface area contributed by atoms with Gasteiger partial charge in [-0.05, 0) is 30.9 Å². The van der Waals surface area contributed by atoms with Gasteiger partial charge >= 0.3 is 7.25 Å². The van der Waals surface area contributed by atoms with E-state index in [4.69, 9.17) is 4.84 Å². The third kappa shape index (κ3) is 21.2. The molecule has 1 heterocycles. The minimum absolute atomic E-state index is 0.303. The molecule has 39 heavy (non-hydrogen) atoms. The molecule has 0 aliphatic heterocycles. The molecule has 1 aromatic carbocycles. The molecular weight excluding hydrogens is 501 g/mol. The van der Waals surface area contributed by atoms with Gasteiger partial charge in [-0.3, -0.25) is 4.84 Å². The molecule has 0 amide bonds. The summed E-state index contributed by atoms with van der Waals surface area (Å²) in [6.45, 7) is 4.55. The fraction of sp³-hybridized carbons (Fsp3) is 0.594. The van der Waals surface area contributed by atoms with E-state index in [1.165, 1.54) is 94.7 Å². The number of hydrogen-bond acceptors (Lipinski definition) is 1. The lowest BCUT2D eigenvalue weighted by molar-refractivity contribution is -0.903. The predicted molar refractivity (Wildman–Crippen MR) is 157 cm³/mol. The van der Waals surface area contributed by atoms with Crippen molar-refractivity contribution in [2.45, 2.75) is 123 Å². The quantitative estimate of drug-likeness (QED) is 0.0691. The molecule has 2 aromatic rings. The van der Waals surface area contributed by atoms with Crippen molar-refractivity contribution >= 4 is 13.3 Å². The monoisotopic (exact) mass is 551 g/mol. The van der Waals surface area contributed by atoms with Crippen molar-refractivity contribution in [3.05, 3.63) is 72.1 Å². The van der Waals surface area contributed by atoms with E-state index in [2.05, 4.69) is 80.7 Å². The molecule has 0 aliphatic carbocycles. The number of hydrogen-bond donors (Lipinski definition) is 0. The Hall–Kier alpha value is -2.31. The largest absolute Gasteiger partial charge is 0.673 e. The zero-order valence-corrected chi connectivity index (χ0v) is 24.2. The van der Waals surface area contributed by atoms with Crippen LogP contribution < -0.4 is 9.57 Å². The highest BCUT2D eigenvalue weighted by atomic mass is 19.5. The number of rotatable bonds is 20. The Balaban J connectivity index is 0.00000139. The second-order valence-electron chi connectivity index (χ2n) is 10.2. The number of allylic oxidation sites excluding steroid dienone is 1. The first-order valence-corrected chi connectivity index (χ1v) is 15.1. The van der Waals surface area contributed by atoms with Gasteiger partial charge in [0.2, 0.25) is 11.9 Å². The average Bonchev–Trinajstić information content (AvgIpc) is 2.90. The van der Waals surface area contributed by atoms with Gasteiger partial charge in [0.1, 0.15) is 0 Å². The molecule has 0 aliphatic rings. The van der Waals surface area contributed by atoms with Crippen LogP contribution in [0.4, 0.5) is 17.3 Å². The van der Waals surface area contributed by atoms with Gasteiger partial charge in [0.05, 0.1) is 6.42 Å². The van der Waals surface area contributed by atoms with Crippen molar-refractivity contribution in [1.82, 2.24) is 0 Å². The molecule has 7 heteroatoms. The van der Waals surface area contributed by atoms with Crippen LogP contribution in [0.2, 0.25) is 0 Å². The Morgan fingerprint density at radius 1 is 0.692 bits per heavy atom. The van der Waals surface area contributed by atoms with E-state index in [0.717, 1.165) is 19.3 Å². The van der Waals surface area contributed by atoms with E-state index in [1.54, 1.807) is 0 Å². The number of pyridine rings is 1. The molecule has 1 unspecified atom stereocenters. The van der Waals surface area contributed by atoms with Crippen LogP contribution in [-0.4, -0.2) is 13.4 Å². The second kappa shape index (κ2) is 22.5. The molecule has 0 fully saturated rings. The van der Waals surface area contributed by atoms with E-state index >= 15 is 0 Å². The smallest absolute Gasteiger partial charge is 0.418 e. The maximum atomic E-state index is 9.75. The van der Waals surface area contributed by atoms with Gasteiger partial charge in [-0.15, -0.1) is 0 Å². The number of aromatic nitrogens is 1. The summed E-state index contributed by atoms with van der Waals surface area (Å²) in [7, 11) is -6.00. The van der Waals surface area contributed by atoms with Crippen LogP contribution in [0.5, 0.6) is 0 Å². The number of nitrogens with zero attached hydrogens (tertiary/aromatic N) is 1. The van der Waals surface area contributed by atoms with Gasteiger partial charge in [0, 0.05) is 16.9 Å². The van der Waals surface area contributed by atoms with Gasteiger partial charge in [-0.1, -0.05) is 133 Å². The predicted octanol–water partition coefficient (Wildman–Crippen LogP) is 10.2. The summed E-state index contributed by atoms with van der Waals surface area (Å²) in [5, 5.41) is 0. The van der Waals surface area contributed by atoms with Gasteiger partial charge in [0.25, 0.3) is 0 Å². The first-order chi connectivity index (χ1) is 18.8. The number of halogens is 4. The molecule has 1 aromatic heterocycles.